The van der Waals surface area contributed by atoms with Gasteiger partial charge in [0.15, 0.2) is 0 Å². The van der Waals surface area contributed by atoms with Crippen LogP contribution in [-0.4, -0.2) is 9.38 Å². The Kier molecular flexibility index (Phi) is 1.54. The molecule has 3 aromatic rings. The van der Waals surface area contributed by atoms with Crippen LogP contribution in [-0.2, 0) is 0 Å². The Morgan fingerprint density at radius 2 is 1.87 bits per heavy atom. The van der Waals surface area contributed by atoms with Gasteiger partial charge in [-0.2, -0.15) is 0 Å². The lowest BCUT2D eigenvalue weighted by Crippen LogP contribution is -1.93. The van der Waals surface area contributed by atoms with Crippen molar-refractivity contribution >= 4 is 16.6 Å². The molecule has 0 unspecified atom stereocenters. The van der Waals surface area contributed by atoms with Crippen LogP contribution in [0, 0.1) is 12.3 Å². The van der Waals surface area contributed by atoms with Crippen molar-refractivity contribution in [2.75, 3.05) is 0 Å². The van der Waals surface area contributed by atoms with Crippen molar-refractivity contribution in [3.05, 3.63) is 48.3 Å². The van der Waals surface area contributed by atoms with Gasteiger partial charge in [-0.3, -0.25) is 0 Å². The molecule has 0 saturated heterocycles. The van der Waals surface area contributed by atoms with Crippen LogP contribution in [0.5, 0.6) is 0 Å². The van der Waals surface area contributed by atoms with Crippen LogP contribution in [0.4, 0.5) is 0 Å². The number of rotatable bonds is 0. The highest BCUT2D eigenvalue weighted by molar-refractivity contribution is 5.80. The van der Waals surface area contributed by atoms with Gasteiger partial charge in [-0.1, -0.05) is 12.1 Å². The molecule has 0 amide bonds. The minimum Gasteiger partial charge on any atom is -0.312 e. The van der Waals surface area contributed by atoms with E-state index in [9.17, 15) is 0 Å². The normalized spacial score (nSPS) is 10.6. The number of hydrogen-bond acceptors (Lipinski definition) is 1. The Morgan fingerprint density at radius 3 is 2.73 bits per heavy atom. The Hall–Kier alpha value is -2.27. The first-order valence-corrected chi connectivity index (χ1v) is 4.72. The largest absolute Gasteiger partial charge is 0.312 e. The predicted octanol–water partition coefficient (Wildman–Crippen LogP) is 2.47. The third-order valence-corrected chi connectivity index (χ3v) is 2.50. The molecular weight excluding hydrogens is 184 g/mol. The summed E-state index contributed by atoms with van der Waals surface area (Å²) in [4.78, 5) is 4.44. The Balaban J connectivity index is 2.64. The van der Waals surface area contributed by atoms with Gasteiger partial charge in [-0.15, -0.1) is 6.42 Å². The molecule has 0 aliphatic rings. The van der Waals surface area contributed by atoms with Gasteiger partial charge in [0.05, 0.1) is 16.6 Å². The molecule has 0 radical (unpaired) electrons. The lowest BCUT2D eigenvalue weighted by Gasteiger charge is -2.03. The van der Waals surface area contributed by atoms with E-state index in [1.807, 2.05) is 42.6 Å². The summed E-state index contributed by atoms with van der Waals surface area (Å²) in [7, 11) is 0. The van der Waals surface area contributed by atoms with Crippen molar-refractivity contribution in [3.8, 4) is 12.3 Å². The molecule has 0 N–H and O–H groups in total. The third kappa shape index (κ3) is 1.04. The molecule has 0 aliphatic carbocycles. The molecular formula is C13H8N2. The average molecular weight is 192 g/mol. The van der Waals surface area contributed by atoms with Crippen molar-refractivity contribution < 1.29 is 0 Å². The summed E-state index contributed by atoms with van der Waals surface area (Å²) in [5, 5.41) is 0. The maximum Gasteiger partial charge on any atom is 0.137 e. The first-order valence-electron chi connectivity index (χ1n) is 4.72. The summed E-state index contributed by atoms with van der Waals surface area (Å²) in [5.74, 6) is 2.62. The average Bonchev–Trinajstić information content (AvgIpc) is 2.77. The number of fused-ring (bicyclic) bond motifs is 3. The summed E-state index contributed by atoms with van der Waals surface area (Å²) in [5.41, 5.74) is 3.68. The summed E-state index contributed by atoms with van der Waals surface area (Å²) < 4.78 is 2.07. The van der Waals surface area contributed by atoms with Crippen LogP contribution in [0.2, 0.25) is 0 Å². The van der Waals surface area contributed by atoms with Gasteiger partial charge in [0.1, 0.15) is 5.69 Å². The second-order valence-corrected chi connectivity index (χ2v) is 3.36. The van der Waals surface area contributed by atoms with Gasteiger partial charge in [-0.25, -0.2) is 4.98 Å². The van der Waals surface area contributed by atoms with E-state index in [-0.39, 0.29) is 0 Å². The van der Waals surface area contributed by atoms with E-state index in [2.05, 4.69) is 15.3 Å². The van der Waals surface area contributed by atoms with Crippen molar-refractivity contribution in [1.29, 1.82) is 0 Å². The van der Waals surface area contributed by atoms with Crippen LogP contribution < -0.4 is 0 Å². The van der Waals surface area contributed by atoms with Crippen molar-refractivity contribution in [2.45, 2.75) is 0 Å². The van der Waals surface area contributed by atoms with E-state index in [1.54, 1.807) is 0 Å². The van der Waals surface area contributed by atoms with Crippen LogP contribution in [0.25, 0.3) is 16.6 Å². The van der Waals surface area contributed by atoms with Crippen LogP contribution >= 0.6 is 0 Å². The lowest BCUT2D eigenvalue weighted by atomic mass is 10.2. The molecule has 0 aliphatic heterocycles. The number of benzene rings is 1. The standard InChI is InChI=1S/C13H8N2/c1-2-10-12-8-5-9-15(12)13-7-4-3-6-11(13)14-10/h1,3-9H. The van der Waals surface area contributed by atoms with E-state index in [0.29, 0.717) is 5.69 Å². The monoisotopic (exact) mass is 192 g/mol. The Morgan fingerprint density at radius 1 is 1.07 bits per heavy atom. The fraction of sp³-hybridized carbons (Fsp3) is 0. The van der Waals surface area contributed by atoms with Crippen molar-refractivity contribution in [2.24, 2.45) is 0 Å². The van der Waals surface area contributed by atoms with Gasteiger partial charge >= 0.3 is 0 Å². The zero-order valence-corrected chi connectivity index (χ0v) is 8.01. The van der Waals surface area contributed by atoms with Gasteiger partial charge in [0.25, 0.3) is 0 Å². The SMILES string of the molecule is C#Cc1nc2ccccc2n2cccc12. The zero-order chi connectivity index (χ0) is 10.3. The molecule has 0 bridgehead atoms. The molecule has 70 valence electrons. The molecule has 15 heavy (non-hydrogen) atoms. The molecule has 2 aromatic heterocycles. The summed E-state index contributed by atoms with van der Waals surface area (Å²) in [6.45, 7) is 0. The lowest BCUT2D eigenvalue weighted by molar-refractivity contribution is 1.21. The minimum absolute atomic E-state index is 0.693. The summed E-state index contributed by atoms with van der Waals surface area (Å²) >= 11 is 0. The maximum atomic E-state index is 5.44. The molecule has 0 saturated carbocycles. The zero-order valence-electron chi connectivity index (χ0n) is 8.01. The Labute approximate surface area is 87.2 Å². The first kappa shape index (κ1) is 8.07. The fourth-order valence-electron chi connectivity index (χ4n) is 1.83. The second-order valence-electron chi connectivity index (χ2n) is 3.36. The maximum absolute atomic E-state index is 5.44. The molecule has 0 spiro atoms. The molecule has 2 heterocycles. The second kappa shape index (κ2) is 2.86. The minimum atomic E-state index is 0.693. The highest BCUT2D eigenvalue weighted by atomic mass is 14.9. The Bertz CT molecular complexity index is 686. The molecule has 0 fully saturated rings. The number of aromatic nitrogens is 2. The van der Waals surface area contributed by atoms with Crippen molar-refractivity contribution in [1.82, 2.24) is 9.38 Å². The summed E-state index contributed by atoms with van der Waals surface area (Å²) in [6, 6.07) is 11.9. The molecule has 2 heteroatoms. The van der Waals surface area contributed by atoms with Gasteiger partial charge in [-0.05, 0) is 30.2 Å². The summed E-state index contributed by atoms with van der Waals surface area (Å²) in [6.07, 6.45) is 7.44. The van der Waals surface area contributed by atoms with Gasteiger partial charge in [0, 0.05) is 6.20 Å². The van der Waals surface area contributed by atoms with Gasteiger partial charge < -0.3 is 4.40 Å². The van der Waals surface area contributed by atoms with E-state index in [4.69, 9.17) is 6.42 Å². The van der Waals surface area contributed by atoms with E-state index in [1.165, 1.54) is 0 Å². The number of nitrogens with zero attached hydrogens (tertiary/aromatic N) is 2. The molecule has 3 rings (SSSR count). The smallest absolute Gasteiger partial charge is 0.137 e. The number of hydrogen-bond donors (Lipinski definition) is 0. The first-order chi connectivity index (χ1) is 7.40. The molecule has 1 aromatic carbocycles. The fourth-order valence-corrected chi connectivity index (χ4v) is 1.83. The third-order valence-electron chi connectivity index (χ3n) is 2.50. The molecule has 0 atom stereocenters. The van der Waals surface area contributed by atoms with E-state index >= 15 is 0 Å². The van der Waals surface area contributed by atoms with Gasteiger partial charge in [0.2, 0.25) is 0 Å². The predicted molar refractivity (Wildman–Crippen MR) is 60.6 cm³/mol. The number of terminal acetylenes is 1. The number of para-hydroxylation sites is 2. The quantitative estimate of drug-likeness (QED) is 0.500. The highest BCUT2D eigenvalue weighted by Gasteiger charge is 2.04. The highest BCUT2D eigenvalue weighted by Crippen LogP contribution is 2.17. The van der Waals surface area contributed by atoms with E-state index < -0.39 is 0 Å². The van der Waals surface area contributed by atoms with Crippen LogP contribution in [0.15, 0.2) is 42.6 Å². The van der Waals surface area contributed by atoms with Crippen molar-refractivity contribution in [3.63, 3.8) is 0 Å². The van der Waals surface area contributed by atoms with E-state index in [0.717, 1.165) is 16.6 Å². The van der Waals surface area contributed by atoms with Crippen LogP contribution in [0.1, 0.15) is 5.69 Å². The molecule has 2 nitrogen and oxygen atoms in total. The van der Waals surface area contributed by atoms with Crippen LogP contribution in [0.3, 0.4) is 0 Å². The topological polar surface area (TPSA) is 17.3 Å².